The number of aliphatic hydroxyl groups is 2. The van der Waals surface area contributed by atoms with Crippen molar-refractivity contribution < 1.29 is 29.0 Å². The molecule has 0 aromatic heterocycles. The molecule has 0 heterocycles. The number of hydrogen-bond acceptors (Lipinski definition) is 5. The molecule has 1 unspecified atom stereocenters. The fraction of sp³-hybridized carbons (Fsp3) is 0.833. The van der Waals surface area contributed by atoms with E-state index in [2.05, 4.69) is 0 Å². The third-order valence-corrected chi connectivity index (χ3v) is 3.93. The standard InChI is InChI=1S/C6H14O6Si/c1-2-5(6(9)10)13(11-3-7)12-4-8/h5,7-8,13H,2-4H2,1H3,(H,9,10). The minimum absolute atomic E-state index is 0.353. The zero-order valence-corrected chi connectivity index (χ0v) is 8.50. The van der Waals surface area contributed by atoms with E-state index in [1.54, 1.807) is 6.92 Å². The number of rotatable bonds is 7. The lowest BCUT2D eigenvalue weighted by molar-refractivity contribution is -0.138. The molecule has 0 aliphatic carbocycles. The fourth-order valence-electron chi connectivity index (χ4n) is 0.911. The van der Waals surface area contributed by atoms with E-state index in [1.165, 1.54) is 0 Å². The molecule has 0 saturated heterocycles. The molecule has 0 aromatic rings. The average molecular weight is 210 g/mol. The Morgan fingerprint density at radius 2 is 1.85 bits per heavy atom. The minimum Gasteiger partial charge on any atom is -0.481 e. The van der Waals surface area contributed by atoms with Gasteiger partial charge in [-0.1, -0.05) is 6.92 Å². The van der Waals surface area contributed by atoms with Crippen LogP contribution in [-0.4, -0.2) is 44.2 Å². The maximum absolute atomic E-state index is 10.6. The molecular weight excluding hydrogens is 196 g/mol. The van der Waals surface area contributed by atoms with Crippen molar-refractivity contribution in [1.82, 2.24) is 0 Å². The highest BCUT2D eigenvalue weighted by Crippen LogP contribution is 2.16. The summed E-state index contributed by atoms with van der Waals surface area (Å²) in [6.07, 6.45) is 0.353. The van der Waals surface area contributed by atoms with Crippen LogP contribution in [0.3, 0.4) is 0 Å². The molecule has 0 fully saturated rings. The van der Waals surface area contributed by atoms with Crippen LogP contribution in [0.25, 0.3) is 0 Å². The zero-order chi connectivity index (χ0) is 10.3. The van der Waals surface area contributed by atoms with Gasteiger partial charge in [0.25, 0.3) is 0 Å². The van der Waals surface area contributed by atoms with Crippen LogP contribution < -0.4 is 0 Å². The van der Waals surface area contributed by atoms with Gasteiger partial charge in [-0.25, -0.2) is 0 Å². The molecule has 0 rings (SSSR count). The number of aliphatic hydroxyl groups excluding tert-OH is 2. The van der Waals surface area contributed by atoms with Crippen LogP contribution in [0.1, 0.15) is 13.3 Å². The Morgan fingerprint density at radius 3 is 2.08 bits per heavy atom. The van der Waals surface area contributed by atoms with Gasteiger partial charge < -0.3 is 24.2 Å². The molecule has 0 spiro atoms. The molecule has 0 aliphatic rings. The van der Waals surface area contributed by atoms with E-state index in [9.17, 15) is 4.79 Å². The van der Waals surface area contributed by atoms with Crippen LogP contribution >= 0.6 is 0 Å². The Balaban J connectivity index is 4.20. The normalized spacial score (nSPS) is 13.2. The van der Waals surface area contributed by atoms with Crippen molar-refractivity contribution in [2.45, 2.75) is 18.9 Å². The summed E-state index contributed by atoms with van der Waals surface area (Å²) in [4.78, 5) is 10.6. The molecule has 3 N–H and O–H groups in total. The first-order chi connectivity index (χ1) is 6.17. The smallest absolute Gasteiger partial charge is 0.339 e. The number of aliphatic carboxylic acids is 1. The summed E-state index contributed by atoms with van der Waals surface area (Å²) in [5.74, 6) is -1.03. The quantitative estimate of drug-likeness (QED) is 0.368. The number of carboxylic acid groups (broad SMARTS) is 1. The van der Waals surface area contributed by atoms with E-state index in [4.69, 9.17) is 24.2 Å². The van der Waals surface area contributed by atoms with Gasteiger partial charge >= 0.3 is 15.3 Å². The number of carbonyl (C=O) groups is 1. The Hall–Kier alpha value is -0.473. The van der Waals surface area contributed by atoms with Crippen molar-refractivity contribution in [3.05, 3.63) is 0 Å². The lowest BCUT2D eigenvalue weighted by atomic mass is 10.3. The van der Waals surface area contributed by atoms with Crippen LogP contribution in [0, 0.1) is 0 Å². The van der Waals surface area contributed by atoms with Gasteiger partial charge in [-0.05, 0) is 6.42 Å². The first kappa shape index (κ1) is 12.5. The van der Waals surface area contributed by atoms with Crippen molar-refractivity contribution >= 4 is 15.3 Å². The van der Waals surface area contributed by atoms with Gasteiger partial charge in [-0.3, -0.25) is 4.79 Å². The average Bonchev–Trinajstić information content (AvgIpc) is 2.05. The van der Waals surface area contributed by atoms with Gasteiger partial charge in [0.1, 0.15) is 13.6 Å². The zero-order valence-electron chi connectivity index (χ0n) is 7.34. The van der Waals surface area contributed by atoms with E-state index in [0.717, 1.165) is 0 Å². The second-order valence-electron chi connectivity index (χ2n) is 2.31. The predicted molar refractivity (Wildman–Crippen MR) is 45.2 cm³/mol. The Labute approximate surface area is 77.6 Å². The monoisotopic (exact) mass is 210 g/mol. The molecule has 78 valence electrons. The lowest BCUT2D eigenvalue weighted by Gasteiger charge is -2.19. The highest BCUT2D eigenvalue weighted by molar-refractivity contribution is 6.51. The number of hydrogen-bond donors (Lipinski definition) is 3. The Morgan fingerprint density at radius 1 is 1.38 bits per heavy atom. The van der Waals surface area contributed by atoms with E-state index < -0.39 is 34.4 Å². The molecule has 0 radical (unpaired) electrons. The van der Waals surface area contributed by atoms with Crippen LogP contribution in [0.5, 0.6) is 0 Å². The SMILES string of the molecule is CCC(C(=O)O)[SiH](OCO)OCO. The fourth-order valence-corrected chi connectivity index (χ4v) is 2.38. The van der Waals surface area contributed by atoms with Gasteiger partial charge in [-0.15, -0.1) is 0 Å². The molecule has 13 heavy (non-hydrogen) atoms. The minimum atomic E-state index is -2.51. The maximum Gasteiger partial charge on any atom is 0.339 e. The molecule has 7 heteroatoms. The van der Waals surface area contributed by atoms with Gasteiger partial charge in [0.2, 0.25) is 0 Å². The topological polar surface area (TPSA) is 96.2 Å². The highest BCUT2D eigenvalue weighted by atomic mass is 28.3. The van der Waals surface area contributed by atoms with Crippen LogP contribution in [0.15, 0.2) is 0 Å². The third-order valence-electron chi connectivity index (χ3n) is 1.56. The van der Waals surface area contributed by atoms with E-state index in [-0.39, 0.29) is 0 Å². The molecule has 6 nitrogen and oxygen atoms in total. The summed E-state index contributed by atoms with van der Waals surface area (Å²) >= 11 is 0. The third kappa shape index (κ3) is 4.34. The van der Waals surface area contributed by atoms with Crippen molar-refractivity contribution in [2.24, 2.45) is 0 Å². The Kier molecular flexibility index (Phi) is 6.73. The molecule has 0 saturated carbocycles. The molecule has 0 bridgehead atoms. The van der Waals surface area contributed by atoms with E-state index >= 15 is 0 Å². The van der Waals surface area contributed by atoms with Crippen LogP contribution in [-0.2, 0) is 13.6 Å². The summed E-state index contributed by atoms with van der Waals surface area (Å²) in [6.45, 7) is 0.515. The predicted octanol–water partition coefficient (Wildman–Crippen LogP) is -0.996. The van der Waals surface area contributed by atoms with Crippen LogP contribution in [0.4, 0.5) is 0 Å². The summed E-state index contributed by atoms with van der Waals surface area (Å²) in [5.41, 5.74) is -0.751. The van der Waals surface area contributed by atoms with E-state index in [1.807, 2.05) is 0 Å². The second-order valence-corrected chi connectivity index (χ2v) is 4.52. The van der Waals surface area contributed by atoms with Gasteiger partial charge in [0.05, 0.1) is 5.54 Å². The van der Waals surface area contributed by atoms with Crippen molar-refractivity contribution in [3.8, 4) is 0 Å². The molecule has 0 aromatic carbocycles. The summed E-state index contributed by atoms with van der Waals surface area (Å²) < 4.78 is 9.46. The van der Waals surface area contributed by atoms with Crippen LogP contribution in [0.2, 0.25) is 5.54 Å². The summed E-state index contributed by atoms with van der Waals surface area (Å²) in [7, 11) is -2.51. The van der Waals surface area contributed by atoms with Crippen molar-refractivity contribution in [1.29, 1.82) is 0 Å². The van der Waals surface area contributed by atoms with E-state index in [0.29, 0.717) is 6.42 Å². The van der Waals surface area contributed by atoms with Crippen molar-refractivity contribution in [3.63, 3.8) is 0 Å². The first-order valence-corrected chi connectivity index (χ1v) is 5.46. The van der Waals surface area contributed by atoms with Gasteiger partial charge in [0.15, 0.2) is 0 Å². The van der Waals surface area contributed by atoms with Gasteiger partial charge in [-0.2, -0.15) is 0 Å². The molecule has 1 atom stereocenters. The first-order valence-electron chi connectivity index (χ1n) is 3.85. The lowest BCUT2D eigenvalue weighted by Crippen LogP contribution is -2.34. The summed E-state index contributed by atoms with van der Waals surface area (Å²) in [6, 6.07) is 0. The maximum atomic E-state index is 10.6. The second kappa shape index (κ2) is 6.98. The summed E-state index contributed by atoms with van der Waals surface area (Å²) in [5, 5.41) is 25.6. The largest absolute Gasteiger partial charge is 0.481 e. The Bertz CT molecular complexity index is 146. The van der Waals surface area contributed by atoms with Gasteiger partial charge in [0, 0.05) is 0 Å². The molecule has 0 amide bonds. The van der Waals surface area contributed by atoms with Crippen molar-refractivity contribution in [2.75, 3.05) is 13.6 Å². The highest BCUT2D eigenvalue weighted by Gasteiger charge is 2.31. The molecule has 0 aliphatic heterocycles. The number of carboxylic acids is 1. The molecular formula is C6H14O6Si.